The third kappa shape index (κ3) is 7.28. The molecular formula is C17H24FNO2Si. The van der Waals surface area contributed by atoms with Gasteiger partial charge >= 0.3 is 6.09 Å². The van der Waals surface area contributed by atoms with Crippen LogP contribution in [0.4, 0.5) is 9.18 Å². The first-order chi connectivity index (χ1) is 9.96. The Bertz CT molecular complexity index is 604. The second kappa shape index (κ2) is 6.97. The lowest BCUT2D eigenvalue weighted by Crippen LogP contribution is -2.32. The predicted octanol–water partition coefficient (Wildman–Crippen LogP) is 4.08. The van der Waals surface area contributed by atoms with Crippen LogP contribution in [0.1, 0.15) is 31.9 Å². The quantitative estimate of drug-likeness (QED) is 0.658. The number of ether oxygens (including phenoxy) is 1. The van der Waals surface area contributed by atoms with Gasteiger partial charge in [0.25, 0.3) is 0 Å². The van der Waals surface area contributed by atoms with E-state index in [2.05, 4.69) is 36.4 Å². The topological polar surface area (TPSA) is 38.3 Å². The van der Waals surface area contributed by atoms with E-state index in [-0.39, 0.29) is 12.4 Å². The first-order valence-electron chi connectivity index (χ1n) is 7.25. The van der Waals surface area contributed by atoms with Crippen LogP contribution in [-0.4, -0.2) is 19.8 Å². The molecule has 1 aromatic carbocycles. The van der Waals surface area contributed by atoms with Gasteiger partial charge in [0.05, 0.1) is 0 Å². The fourth-order valence-corrected chi connectivity index (χ4v) is 2.05. The molecule has 1 aromatic rings. The van der Waals surface area contributed by atoms with Crippen molar-refractivity contribution in [3.63, 3.8) is 0 Å². The highest BCUT2D eigenvalue weighted by Crippen LogP contribution is 2.11. The monoisotopic (exact) mass is 321 g/mol. The number of nitrogens with one attached hydrogen (secondary N) is 1. The average molecular weight is 321 g/mol. The maximum absolute atomic E-state index is 13.8. The van der Waals surface area contributed by atoms with Crippen molar-refractivity contribution < 1.29 is 13.9 Å². The summed E-state index contributed by atoms with van der Waals surface area (Å²) in [6.07, 6.45) is -0.564. The summed E-state index contributed by atoms with van der Waals surface area (Å²) in [6.45, 7) is 11.8. The largest absolute Gasteiger partial charge is 0.444 e. The van der Waals surface area contributed by atoms with Crippen LogP contribution in [0, 0.1) is 17.3 Å². The molecule has 0 radical (unpaired) electrons. The van der Waals surface area contributed by atoms with Crippen molar-refractivity contribution in [2.45, 2.75) is 52.6 Å². The molecule has 0 saturated heterocycles. The Hall–Kier alpha value is -1.80. The number of hydrogen-bond acceptors (Lipinski definition) is 2. The van der Waals surface area contributed by atoms with Crippen molar-refractivity contribution in [3.8, 4) is 11.5 Å². The lowest BCUT2D eigenvalue weighted by Gasteiger charge is -2.19. The molecular weight excluding hydrogens is 297 g/mol. The Morgan fingerprint density at radius 1 is 1.32 bits per heavy atom. The van der Waals surface area contributed by atoms with Crippen molar-refractivity contribution in [1.82, 2.24) is 5.32 Å². The highest BCUT2D eigenvalue weighted by atomic mass is 28.3. The van der Waals surface area contributed by atoms with Crippen molar-refractivity contribution in [2.75, 3.05) is 0 Å². The number of rotatable bonds is 2. The van der Waals surface area contributed by atoms with Crippen molar-refractivity contribution >= 4 is 14.2 Å². The van der Waals surface area contributed by atoms with Gasteiger partial charge in [0.2, 0.25) is 0 Å². The molecule has 0 aliphatic heterocycles. The molecule has 0 aromatic heterocycles. The van der Waals surface area contributed by atoms with Crippen LogP contribution < -0.4 is 5.32 Å². The summed E-state index contributed by atoms with van der Waals surface area (Å²) in [4.78, 5) is 11.6. The summed E-state index contributed by atoms with van der Waals surface area (Å²) in [6, 6.07) is 4.69. The lowest BCUT2D eigenvalue weighted by molar-refractivity contribution is 0.0523. The molecule has 0 unspecified atom stereocenters. The van der Waals surface area contributed by atoms with Gasteiger partial charge in [-0.25, -0.2) is 9.18 Å². The van der Waals surface area contributed by atoms with Crippen LogP contribution in [0.2, 0.25) is 19.6 Å². The molecule has 0 fully saturated rings. The smallest absolute Gasteiger partial charge is 0.407 e. The van der Waals surface area contributed by atoms with E-state index in [9.17, 15) is 9.18 Å². The van der Waals surface area contributed by atoms with Gasteiger partial charge in [-0.05, 0) is 39.0 Å². The summed E-state index contributed by atoms with van der Waals surface area (Å²) in [7, 11) is -1.48. The number of amides is 1. The fraction of sp³-hybridized carbons (Fsp3) is 0.471. The van der Waals surface area contributed by atoms with Crippen LogP contribution in [-0.2, 0) is 11.3 Å². The predicted molar refractivity (Wildman–Crippen MR) is 89.7 cm³/mol. The maximum atomic E-state index is 13.8. The van der Waals surface area contributed by atoms with Crippen molar-refractivity contribution in [2.24, 2.45) is 0 Å². The van der Waals surface area contributed by atoms with E-state index in [4.69, 9.17) is 4.74 Å². The highest BCUT2D eigenvalue weighted by Gasteiger charge is 2.16. The van der Waals surface area contributed by atoms with Gasteiger partial charge in [0.1, 0.15) is 19.5 Å². The minimum atomic E-state index is -1.48. The van der Waals surface area contributed by atoms with Gasteiger partial charge in [-0.3, -0.25) is 0 Å². The molecule has 1 rings (SSSR count). The number of carbonyl (C=O) groups is 1. The molecule has 0 saturated carbocycles. The van der Waals surface area contributed by atoms with Crippen LogP contribution in [0.3, 0.4) is 0 Å². The van der Waals surface area contributed by atoms with Crippen LogP contribution in [0.15, 0.2) is 18.2 Å². The van der Waals surface area contributed by atoms with Gasteiger partial charge in [-0.1, -0.05) is 25.6 Å². The number of alkyl carbamates (subject to hydrolysis) is 1. The number of carbonyl (C=O) groups excluding carboxylic acids is 1. The molecule has 0 heterocycles. The zero-order chi connectivity index (χ0) is 17.0. The molecule has 0 atom stereocenters. The first kappa shape index (κ1) is 18.2. The number of halogens is 1. The van der Waals surface area contributed by atoms with Crippen molar-refractivity contribution in [1.29, 1.82) is 0 Å². The Kier molecular flexibility index (Phi) is 5.78. The zero-order valence-corrected chi connectivity index (χ0v) is 15.1. The van der Waals surface area contributed by atoms with Gasteiger partial charge < -0.3 is 10.1 Å². The van der Waals surface area contributed by atoms with E-state index in [1.54, 1.807) is 32.9 Å². The molecule has 0 aliphatic rings. The highest BCUT2D eigenvalue weighted by molar-refractivity contribution is 6.83. The van der Waals surface area contributed by atoms with E-state index >= 15 is 0 Å². The summed E-state index contributed by atoms with van der Waals surface area (Å²) in [5, 5.41) is 2.56. The van der Waals surface area contributed by atoms with E-state index in [0.29, 0.717) is 5.56 Å². The molecule has 0 spiro atoms. The minimum absolute atomic E-state index is 0.0726. The third-order valence-corrected chi connectivity index (χ3v) is 3.32. The first-order valence-corrected chi connectivity index (χ1v) is 10.7. The molecule has 1 amide bonds. The molecule has 0 bridgehead atoms. The maximum Gasteiger partial charge on any atom is 0.407 e. The average Bonchev–Trinajstić information content (AvgIpc) is 2.33. The van der Waals surface area contributed by atoms with Crippen LogP contribution >= 0.6 is 0 Å². The molecule has 1 N–H and O–H groups in total. The van der Waals surface area contributed by atoms with E-state index in [0.717, 1.165) is 5.56 Å². The second-order valence-electron chi connectivity index (χ2n) is 7.16. The van der Waals surface area contributed by atoms with Gasteiger partial charge in [0, 0.05) is 17.7 Å². The Labute approximate surface area is 133 Å². The standard InChI is InChI=1S/C17H24FNO2Si/c1-17(2,3)21-16(20)19-12-14-11-13(7-8-15(14)18)9-10-22(4,5)6/h7-8,11H,12H2,1-6H3,(H,19,20). The molecule has 120 valence electrons. The lowest BCUT2D eigenvalue weighted by atomic mass is 10.1. The van der Waals surface area contributed by atoms with Gasteiger partial charge in [0.15, 0.2) is 0 Å². The summed E-state index contributed by atoms with van der Waals surface area (Å²) < 4.78 is 18.9. The van der Waals surface area contributed by atoms with Gasteiger partial charge in [-0.15, -0.1) is 5.54 Å². The number of benzene rings is 1. The normalized spacial score (nSPS) is 11.4. The fourth-order valence-electron chi connectivity index (χ4n) is 1.53. The minimum Gasteiger partial charge on any atom is -0.444 e. The summed E-state index contributed by atoms with van der Waals surface area (Å²) in [5.41, 5.74) is 3.81. The van der Waals surface area contributed by atoms with E-state index in [1.165, 1.54) is 6.07 Å². The number of hydrogen-bond donors (Lipinski definition) is 1. The summed E-state index contributed by atoms with van der Waals surface area (Å²) in [5.74, 6) is 2.71. The molecule has 0 aliphatic carbocycles. The van der Waals surface area contributed by atoms with Crippen LogP contribution in [0.5, 0.6) is 0 Å². The van der Waals surface area contributed by atoms with E-state index < -0.39 is 19.8 Å². The van der Waals surface area contributed by atoms with Crippen LogP contribution in [0.25, 0.3) is 0 Å². The Morgan fingerprint density at radius 3 is 2.50 bits per heavy atom. The molecule has 22 heavy (non-hydrogen) atoms. The molecule has 3 nitrogen and oxygen atoms in total. The summed E-state index contributed by atoms with van der Waals surface area (Å²) >= 11 is 0. The second-order valence-corrected chi connectivity index (χ2v) is 11.9. The zero-order valence-electron chi connectivity index (χ0n) is 14.1. The Balaban J connectivity index is 2.78. The Morgan fingerprint density at radius 2 is 1.95 bits per heavy atom. The SMILES string of the molecule is CC(C)(C)OC(=O)NCc1cc(C#C[Si](C)(C)C)ccc1F. The van der Waals surface area contributed by atoms with E-state index in [1.807, 2.05) is 0 Å². The van der Waals surface area contributed by atoms with Crippen molar-refractivity contribution in [3.05, 3.63) is 35.1 Å². The third-order valence-electron chi connectivity index (χ3n) is 2.45. The molecule has 5 heteroatoms. The van der Waals surface area contributed by atoms with Gasteiger partial charge in [-0.2, -0.15) is 0 Å².